The van der Waals surface area contributed by atoms with Gasteiger partial charge < -0.3 is 9.12 Å². The van der Waals surface area contributed by atoms with Crippen LogP contribution >= 0.6 is 0 Å². The third-order valence-corrected chi connectivity index (χ3v) is 2.59. The van der Waals surface area contributed by atoms with Gasteiger partial charge in [-0.15, -0.1) is 0 Å². The molecule has 0 amide bonds. The van der Waals surface area contributed by atoms with E-state index < -0.39 is 11.1 Å². The molecular formula is C10H8NNaO2S. The van der Waals surface area contributed by atoms with Crippen molar-refractivity contribution in [3.05, 3.63) is 48.8 Å². The summed E-state index contributed by atoms with van der Waals surface area (Å²) >= 11 is -2.14. The Balaban J connectivity index is 0.00000112. The zero-order valence-corrected chi connectivity index (χ0v) is 11.1. The normalized spacial score (nSPS) is 11.8. The number of benzene rings is 1. The summed E-state index contributed by atoms with van der Waals surface area (Å²) < 4.78 is 23.1. The van der Waals surface area contributed by atoms with E-state index in [1.165, 1.54) is 0 Å². The molecule has 1 aromatic heterocycles. The molecule has 5 heteroatoms. The van der Waals surface area contributed by atoms with Crippen molar-refractivity contribution >= 4 is 11.1 Å². The summed E-state index contributed by atoms with van der Waals surface area (Å²) in [5, 5.41) is 0. The van der Waals surface area contributed by atoms with Crippen molar-refractivity contribution in [1.82, 2.24) is 4.57 Å². The Morgan fingerprint density at radius 2 is 1.60 bits per heavy atom. The molecule has 1 unspecified atom stereocenters. The van der Waals surface area contributed by atoms with Gasteiger partial charge in [0.25, 0.3) is 0 Å². The van der Waals surface area contributed by atoms with E-state index in [4.69, 9.17) is 0 Å². The minimum Gasteiger partial charge on any atom is -0.768 e. The average molecular weight is 229 g/mol. The topological polar surface area (TPSA) is 45.1 Å². The molecule has 2 rings (SSSR count). The fourth-order valence-electron chi connectivity index (χ4n) is 1.24. The molecule has 2 aromatic rings. The van der Waals surface area contributed by atoms with Crippen molar-refractivity contribution in [1.29, 1.82) is 0 Å². The second-order valence-corrected chi connectivity index (χ2v) is 3.76. The SMILES string of the molecule is O=S([O-])c1ccc(-n2cccc2)cc1.[Na+]. The molecule has 1 atom stereocenters. The second kappa shape index (κ2) is 5.63. The van der Waals surface area contributed by atoms with Gasteiger partial charge in [0.2, 0.25) is 0 Å². The monoisotopic (exact) mass is 229 g/mol. The van der Waals surface area contributed by atoms with Gasteiger partial charge in [-0.05, 0) is 47.5 Å². The molecular weight excluding hydrogens is 221 g/mol. The van der Waals surface area contributed by atoms with Crippen LogP contribution in [0.5, 0.6) is 0 Å². The number of aromatic nitrogens is 1. The molecule has 1 heterocycles. The van der Waals surface area contributed by atoms with E-state index in [1.807, 2.05) is 29.1 Å². The number of hydrogen-bond donors (Lipinski definition) is 0. The van der Waals surface area contributed by atoms with E-state index in [1.54, 1.807) is 24.3 Å². The molecule has 0 fully saturated rings. The van der Waals surface area contributed by atoms with E-state index in [9.17, 15) is 8.76 Å². The van der Waals surface area contributed by atoms with Crippen molar-refractivity contribution < 1.29 is 38.3 Å². The Kier molecular flexibility index (Phi) is 4.76. The maximum Gasteiger partial charge on any atom is 1.00 e. The van der Waals surface area contributed by atoms with E-state index in [2.05, 4.69) is 0 Å². The van der Waals surface area contributed by atoms with Crippen LogP contribution in [0, 0.1) is 0 Å². The summed E-state index contributed by atoms with van der Waals surface area (Å²) in [5.74, 6) is 0. The zero-order chi connectivity index (χ0) is 9.97. The quantitative estimate of drug-likeness (QED) is 0.475. The van der Waals surface area contributed by atoms with Crippen LogP contribution in [-0.2, 0) is 11.1 Å². The van der Waals surface area contributed by atoms with Gasteiger partial charge in [0.05, 0.1) is 0 Å². The van der Waals surface area contributed by atoms with Crippen LogP contribution in [0.1, 0.15) is 0 Å². The van der Waals surface area contributed by atoms with Crippen LogP contribution in [0.25, 0.3) is 5.69 Å². The summed E-state index contributed by atoms with van der Waals surface area (Å²) in [7, 11) is 0. The molecule has 0 N–H and O–H groups in total. The number of rotatable bonds is 2. The maximum absolute atomic E-state index is 10.6. The van der Waals surface area contributed by atoms with Crippen molar-refractivity contribution in [2.75, 3.05) is 0 Å². The third-order valence-electron chi connectivity index (χ3n) is 1.93. The fourth-order valence-corrected chi connectivity index (χ4v) is 1.59. The predicted molar refractivity (Wildman–Crippen MR) is 53.0 cm³/mol. The van der Waals surface area contributed by atoms with Gasteiger partial charge in [-0.25, -0.2) is 0 Å². The van der Waals surface area contributed by atoms with Crippen molar-refractivity contribution in [3.8, 4) is 5.69 Å². The first-order chi connectivity index (χ1) is 6.77. The summed E-state index contributed by atoms with van der Waals surface area (Å²) in [5.41, 5.74) is 0.948. The Hall–Kier alpha value is -0.390. The smallest absolute Gasteiger partial charge is 0.768 e. The second-order valence-electron chi connectivity index (χ2n) is 2.82. The zero-order valence-electron chi connectivity index (χ0n) is 8.29. The molecule has 0 aliphatic rings. The van der Waals surface area contributed by atoms with E-state index in [0.717, 1.165) is 5.69 Å². The molecule has 1 aromatic carbocycles. The van der Waals surface area contributed by atoms with Crippen molar-refractivity contribution in [2.24, 2.45) is 0 Å². The first kappa shape index (κ1) is 12.7. The predicted octanol–water partition coefficient (Wildman–Crippen LogP) is -1.28. The van der Waals surface area contributed by atoms with Gasteiger partial charge in [-0.1, -0.05) is 0 Å². The molecule has 0 spiro atoms. The van der Waals surface area contributed by atoms with Gasteiger partial charge in [-0.2, -0.15) is 0 Å². The summed E-state index contributed by atoms with van der Waals surface area (Å²) in [6.45, 7) is 0. The van der Waals surface area contributed by atoms with Crippen LogP contribution in [0.4, 0.5) is 0 Å². The largest absolute Gasteiger partial charge is 1.00 e. The fraction of sp³-hybridized carbons (Fsp3) is 0. The van der Waals surface area contributed by atoms with Gasteiger partial charge in [0, 0.05) is 23.0 Å². The van der Waals surface area contributed by atoms with Crippen LogP contribution in [0.15, 0.2) is 53.7 Å². The van der Waals surface area contributed by atoms with Gasteiger partial charge >= 0.3 is 29.6 Å². The van der Waals surface area contributed by atoms with E-state index >= 15 is 0 Å². The molecule has 3 nitrogen and oxygen atoms in total. The summed E-state index contributed by atoms with van der Waals surface area (Å²) in [4.78, 5) is 0.306. The number of hydrogen-bond acceptors (Lipinski definition) is 2. The van der Waals surface area contributed by atoms with Gasteiger partial charge in [-0.3, -0.25) is 4.21 Å². The van der Waals surface area contributed by atoms with E-state index in [0.29, 0.717) is 4.90 Å². The summed E-state index contributed by atoms with van der Waals surface area (Å²) in [6, 6.07) is 10.5. The molecule has 0 bridgehead atoms. The van der Waals surface area contributed by atoms with Gasteiger partial charge in [0.1, 0.15) is 0 Å². The molecule has 0 radical (unpaired) electrons. The minimum absolute atomic E-state index is 0. The van der Waals surface area contributed by atoms with E-state index in [-0.39, 0.29) is 29.6 Å². The van der Waals surface area contributed by atoms with Crippen molar-refractivity contribution in [3.63, 3.8) is 0 Å². The first-order valence-corrected chi connectivity index (χ1v) is 5.17. The van der Waals surface area contributed by atoms with Crippen LogP contribution in [0.2, 0.25) is 0 Å². The Morgan fingerprint density at radius 3 is 2.07 bits per heavy atom. The Morgan fingerprint density at radius 1 is 1.07 bits per heavy atom. The standard InChI is InChI=1S/C10H9NO2S.Na/c12-14(13)10-5-3-9(4-6-10)11-7-1-2-8-11;/h1-8H,(H,12,13);/q;+1/p-1. The Bertz CT molecular complexity index is 439. The molecule has 0 saturated heterocycles. The maximum atomic E-state index is 10.6. The molecule has 0 aliphatic heterocycles. The molecule has 0 aliphatic carbocycles. The van der Waals surface area contributed by atoms with Gasteiger partial charge in [0.15, 0.2) is 0 Å². The third kappa shape index (κ3) is 3.03. The minimum atomic E-state index is -2.14. The van der Waals surface area contributed by atoms with Crippen LogP contribution < -0.4 is 29.6 Å². The van der Waals surface area contributed by atoms with Crippen LogP contribution in [-0.4, -0.2) is 13.3 Å². The first-order valence-electron chi connectivity index (χ1n) is 4.10. The number of nitrogens with zero attached hydrogens (tertiary/aromatic N) is 1. The Labute approximate surface area is 113 Å². The van der Waals surface area contributed by atoms with Crippen molar-refractivity contribution in [2.45, 2.75) is 4.90 Å². The van der Waals surface area contributed by atoms with Crippen LogP contribution in [0.3, 0.4) is 0 Å². The molecule has 15 heavy (non-hydrogen) atoms. The molecule has 0 saturated carbocycles. The summed E-state index contributed by atoms with van der Waals surface area (Å²) in [6.07, 6.45) is 3.81. The average Bonchev–Trinajstić information content (AvgIpc) is 2.71. The molecule has 72 valence electrons.